The van der Waals surface area contributed by atoms with E-state index in [1.807, 2.05) is 53.9 Å². The van der Waals surface area contributed by atoms with Crippen LogP contribution in [-0.2, 0) is 4.08 Å². The van der Waals surface area contributed by atoms with Gasteiger partial charge in [0.1, 0.15) is 4.08 Å². The summed E-state index contributed by atoms with van der Waals surface area (Å²) in [6.45, 7) is 2.05. The Bertz CT molecular complexity index is 1080. The zero-order chi connectivity index (χ0) is 19.1. The number of carbonyl (C=O) groups excluding carboxylic acids is 1. The molecule has 1 spiro atoms. The van der Waals surface area contributed by atoms with Crippen LogP contribution < -0.4 is 0 Å². The van der Waals surface area contributed by atoms with Gasteiger partial charge in [-0.15, -0.1) is 23.5 Å². The highest BCUT2D eigenvalue weighted by molar-refractivity contribution is 8.21. The van der Waals surface area contributed by atoms with Crippen molar-refractivity contribution in [1.29, 1.82) is 0 Å². The van der Waals surface area contributed by atoms with E-state index in [0.717, 1.165) is 33.8 Å². The van der Waals surface area contributed by atoms with E-state index in [1.165, 1.54) is 16.7 Å². The van der Waals surface area contributed by atoms with Gasteiger partial charge < -0.3 is 0 Å². The van der Waals surface area contributed by atoms with Crippen LogP contribution in [0.1, 0.15) is 32.6 Å². The summed E-state index contributed by atoms with van der Waals surface area (Å²) < 4.78 is -0.302. The monoisotopic (exact) mass is 400 g/mol. The Hall–Kier alpha value is -2.23. The fraction of sp³-hybridized carbons (Fsp3) is 0.160. The zero-order valence-corrected chi connectivity index (χ0v) is 17.3. The quantitative estimate of drug-likeness (QED) is 0.479. The lowest BCUT2D eigenvalue weighted by Gasteiger charge is -2.26. The largest absolute Gasteiger partial charge is 0.289 e. The van der Waals surface area contributed by atoms with Crippen LogP contribution in [0.4, 0.5) is 0 Å². The average Bonchev–Trinajstić information content (AvgIpc) is 3.33. The first kappa shape index (κ1) is 17.8. The van der Waals surface area contributed by atoms with Crippen LogP contribution in [0.3, 0.4) is 0 Å². The van der Waals surface area contributed by atoms with E-state index in [1.54, 1.807) is 0 Å². The van der Waals surface area contributed by atoms with E-state index < -0.39 is 0 Å². The Kier molecular flexibility index (Phi) is 4.45. The van der Waals surface area contributed by atoms with E-state index in [-0.39, 0.29) is 9.86 Å². The highest BCUT2D eigenvalue weighted by Crippen LogP contribution is 2.64. The number of rotatable bonds is 3. The zero-order valence-electron chi connectivity index (χ0n) is 15.6. The summed E-state index contributed by atoms with van der Waals surface area (Å²) in [6.07, 6.45) is 0. The normalized spacial score (nSPS) is 17.2. The van der Waals surface area contributed by atoms with Gasteiger partial charge in [-0.1, -0.05) is 84.4 Å². The Balaban J connectivity index is 1.80. The van der Waals surface area contributed by atoms with Crippen LogP contribution in [0, 0.1) is 6.92 Å². The molecular formula is C25H20OS2. The predicted octanol–water partition coefficient (Wildman–Crippen LogP) is 6.33. The topological polar surface area (TPSA) is 17.1 Å². The number of hydrogen-bond acceptors (Lipinski definition) is 3. The molecule has 1 aliphatic heterocycles. The van der Waals surface area contributed by atoms with Gasteiger partial charge in [-0.2, -0.15) is 0 Å². The summed E-state index contributed by atoms with van der Waals surface area (Å²) in [6, 6.07) is 26.9. The van der Waals surface area contributed by atoms with Crippen molar-refractivity contribution < 1.29 is 4.79 Å². The lowest BCUT2D eigenvalue weighted by Crippen LogP contribution is -2.21. The first-order valence-corrected chi connectivity index (χ1v) is 11.5. The van der Waals surface area contributed by atoms with Gasteiger partial charge in [-0.3, -0.25) is 4.79 Å². The number of hydrogen-bond donors (Lipinski definition) is 0. The Labute approximate surface area is 174 Å². The molecule has 0 N–H and O–H groups in total. The molecule has 0 atom stereocenters. The molecule has 138 valence electrons. The average molecular weight is 401 g/mol. The second kappa shape index (κ2) is 6.98. The molecule has 0 unspecified atom stereocenters. The number of ketones is 1. The lowest BCUT2D eigenvalue weighted by molar-refractivity contribution is 0.103. The fourth-order valence-corrected chi connectivity index (χ4v) is 7.57. The van der Waals surface area contributed by atoms with Crippen LogP contribution in [0.5, 0.6) is 0 Å². The van der Waals surface area contributed by atoms with Crippen molar-refractivity contribution >= 4 is 34.9 Å². The summed E-state index contributed by atoms with van der Waals surface area (Å²) in [7, 11) is 0. The molecule has 5 rings (SSSR count). The van der Waals surface area contributed by atoms with Crippen LogP contribution >= 0.6 is 23.5 Å². The lowest BCUT2D eigenvalue weighted by atomic mass is 9.93. The molecule has 0 amide bonds. The molecule has 0 saturated carbocycles. The molecule has 0 radical (unpaired) electrons. The summed E-state index contributed by atoms with van der Waals surface area (Å²) >= 11 is 3.82. The minimum Gasteiger partial charge on any atom is -0.289 e. The third-order valence-corrected chi connectivity index (χ3v) is 8.87. The Morgan fingerprint density at radius 3 is 2.18 bits per heavy atom. The van der Waals surface area contributed by atoms with Crippen LogP contribution in [-0.4, -0.2) is 17.3 Å². The third kappa shape index (κ3) is 2.68. The van der Waals surface area contributed by atoms with E-state index in [4.69, 9.17) is 0 Å². The number of fused-ring (bicyclic) bond motifs is 2. The van der Waals surface area contributed by atoms with E-state index in [9.17, 15) is 4.79 Å². The molecule has 3 aromatic rings. The molecule has 3 aromatic carbocycles. The maximum atomic E-state index is 13.9. The Morgan fingerprint density at radius 2 is 1.46 bits per heavy atom. The molecule has 0 bridgehead atoms. The highest BCUT2D eigenvalue weighted by atomic mass is 32.2. The number of carbonyl (C=O) groups is 1. The number of aryl methyl sites for hydroxylation is 1. The minimum absolute atomic E-state index is 0.150. The van der Waals surface area contributed by atoms with Crippen molar-refractivity contribution in [3.63, 3.8) is 0 Å². The van der Waals surface area contributed by atoms with Crippen LogP contribution in [0.25, 0.3) is 5.57 Å². The van der Waals surface area contributed by atoms with Gasteiger partial charge in [-0.05, 0) is 29.2 Å². The highest BCUT2D eigenvalue weighted by Gasteiger charge is 2.51. The molecule has 1 aliphatic carbocycles. The minimum atomic E-state index is -0.302. The fourth-order valence-electron chi connectivity index (χ4n) is 4.15. The first-order valence-electron chi connectivity index (χ1n) is 9.50. The molecule has 1 fully saturated rings. The molecule has 3 heteroatoms. The second-order valence-electron chi connectivity index (χ2n) is 7.17. The van der Waals surface area contributed by atoms with Crippen molar-refractivity contribution in [2.45, 2.75) is 11.0 Å². The molecule has 2 aliphatic rings. The molecule has 0 aromatic heterocycles. The molecule has 1 nitrogen and oxygen atoms in total. The summed E-state index contributed by atoms with van der Waals surface area (Å²) in [5.41, 5.74) is 7.58. The maximum Gasteiger partial charge on any atom is 0.192 e. The standard InChI is InChI=1S/C25H20OS2/c1-17-11-13-19(14-12-17)24(26)23-22(18-7-3-2-4-8-18)20-9-5-6-10-21(20)25(23)27-15-16-28-25/h2-14H,15-16H2,1H3. The summed E-state index contributed by atoms with van der Waals surface area (Å²) in [4.78, 5) is 13.9. The van der Waals surface area contributed by atoms with Crippen molar-refractivity contribution in [2.24, 2.45) is 0 Å². The number of benzene rings is 3. The maximum absolute atomic E-state index is 13.9. The molecular weight excluding hydrogens is 380 g/mol. The van der Waals surface area contributed by atoms with Crippen molar-refractivity contribution in [2.75, 3.05) is 11.5 Å². The third-order valence-electron chi connectivity index (χ3n) is 5.43. The van der Waals surface area contributed by atoms with Crippen molar-refractivity contribution in [3.05, 3.63) is 112 Å². The van der Waals surface area contributed by atoms with E-state index in [0.29, 0.717) is 0 Å². The SMILES string of the molecule is Cc1ccc(C(=O)C2=C(c3ccccc3)c3ccccc3C23SCCS3)cc1. The van der Waals surface area contributed by atoms with E-state index in [2.05, 4.69) is 55.5 Å². The van der Waals surface area contributed by atoms with Crippen molar-refractivity contribution in [1.82, 2.24) is 0 Å². The van der Waals surface area contributed by atoms with Crippen LogP contribution in [0.2, 0.25) is 0 Å². The van der Waals surface area contributed by atoms with Gasteiger partial charge in [0.15, 0.2) is 5.78 Å². The van der Waals surface area contributed by atoms with Gasteiger partial charge in [0.2, 0.25) is 0 Å². The number of Topliss-reactive ketones (excluding diaryl/α,β-unsaturated/α-hetero) is 1. The van der Waals surface area contributed by atoms with E-state index >= 15 is 0 Å². The van der Waals surface area contributed by atoms with Gasteiger partial charge in [0.05, 0.1) is 0 Å². The van der Waals surface area contributed by atoms with Gasteiger partial charge >= 0.3 is 0 Å². The van der Waals surface area contributed by atoms with Gasteiger partial charge in [-0.25, -0.2) is 0 Å². The van der Waals surface area contributed by atoms with Gasteiger partial charge in [0.25, 0.3) is 0 Å². The molecule has 1 saturated heterocycles. The smallest absolute Gasteiger partial charge is 0.192 e. The molecule has 1 heterocycles. The summed E-state index contributed by atoms with van der Waals surface area (Å²) in [5.74, 6) is 2.27. The number of thioether (sulfide) groups is 2. The summed E-state index contributed by atoms with van der Waals surface area (Å²) in [5, 5.41) is 0. The first-order chi connectivity index (χ1) is 13.7. The van der Waals surface area contributed by atoms with Crippen molar-refractivity contribution in [3.8, 4) is 0 Å². The second-order valence-corrected chi connectivity index (χ2v) is 10.0. The molecule has 28 heavy (non-hydrogen) atoms. The Morgan fingerprint density at radius 1 is 0.821 bits per heavy atom. The van der Waals surface area contributed by atoms with Gasteiger partial charge in [0, 0.05) is 22.6 Å². The van der Waals surface area contributed by atoms with Crippen LogP contribution in [0.15, 0.2) is 84.4 Å². The predicted molar refractivity (Wildman–Crippen MR) is 121 cm³/mol.